The van der Waals surface area contributed by atoms with Crippen molar-refractivity contribution in [3.63, 3.8) is 0 Å². The maximum Gasteiger partial charge on any atom is 0.322 e. The van der Waals surface area contributed by atoms with Crippen LogP contribution in [0.15, 0.2) is 27.1 Å². The average molecular weight is 296 g/mol. The number of halogens is 1. The Labute approximate surface area is 106 Å². The summed E-state index contributed by atoms with van der Waals surface area (Å²) in [6.45, 7) is 3.57. The molecule has 0 fully saturated rings. The molecule has 0 radical (unpaired) electrons. The van der Waals surface area contributed by atoms with Crippen LogP contribution in [0.1, 0.15) is 21.8 Å². The molecule has 1 aromatic heterocycles. The molecule has 0 bridgehead atoms. The van der Waals surface area contributed by atoms with Crippen LogP contribution in [-0.4, -0.2) is 16.1 Å². The van der Waals surface area contributed by atoms with Crippen LogP contribution in [0, 0.1) is 13.8 Å². The minimum Gasteiger partial charge on any atom is -0.408 e. The summed E-state index contributed by atoms with van der Waals surface area (Å²) >= 11 is 3.38. The molecule has 0 spiro atoms. The van der Waals surface area contributed by atoms with Crippen LogP contribution < -0.4 is 5.32 Å². The molecule has 0 saturated heterocycles. The van der Waals surface area contributed by atoms with E-state index in [1.807, 2.05) is 13.0 Å². The van der Waals surface area contributed by atoms with Gasteiger partial charge in [-0.1, -0.05) is 21.0 Å². The number of carbonyl (C=O) groups is 1. The highest BCUT2D eigenvalue weighted by Gasteiger charge is 2.10. The van der Waals surface area contributed by atoms with E-state index in [1.54, 1.807) is 19.1 Å². The maximum atomic E-state index is 11.8. The lowest BCUT2D eigenvalue weighted by Crippen LogP contribution is -2.12. The molecule has 88 valence electrons. The van der Waals surface area contributed by atoms with Gasteiger partial charge in [0.25, 0.3) is 5.91 Å². The molecule has 2 aromatic rings. The lowest BCUT2D eigenvalue weighted by molar-refractivity contribution is 0.102. The molecule has 0 saturated carbocycles. The summed E-state index contributed by atoms with van der Waals surface area (Å²) in [6.07, 6.45) is 0. The van der Waals surface area contributed by atoms with Crippen LogP contribution in [0.25, 0.3) is 0 Å². The van der Waals surface area contributed by atoms with E-state index in [1.165, 1.54) is 0 Å². The number of hydrogen-bond acceptors (Lipinski definition) is 4. The average Bonchev–Trinajstić information content (AvgIpc) is 2.68. The smallest absolute Gasteiger partial charge is 0.322 e. The van der Waals surface area contributed by atoms with Crippen LogP contribution in [-0.2, 0) is 0 Å². The predicted molar refractivity (Wildman–Crippen MR) is 65.9 cm³/mol. The number of rotatable bonds is 2. The Morgan fingerprint density at radius 2 is 2.12 bits per heavy atom. The number of carbonyl (C=O) groups excluding carboxylic acids is 1. The lowest BCUT2D eigenvalue weighted by Gasteiger charge is -2.03. The molecule has 1 aromatic carbocycles. The number of nitrogens with zero attached hydrogens (tertiary/aromatic N) is 2. The van der Waals surface area contributed by atoms with Gasteiger partial charge in [-0.3, -0.25) is 10.1 Å². The minimum absolute atomic E-state index is 0.105. The van der Waals surface area contributed by atoms with Gasteiger partial charge in [-0.25, -0.2) is 0 Å². The highest BCUT2D eigenvalue weighted by molar-refractivity contribution is 9.10. The van der Waals surface area contributed by atoms with Gasteiger partial charge in [-0.05, 0) is 30.7 Å². The van der Waals surface area contributed by atoms with Gasteiger partial charge in [0, 0.05) is 17.0 Å². The van der Waals surface area contributed by atoms with Gasteiger partial charge in [0.1, 0.15) is 0 Å². The number of anilines is 1. The van der Waals surface area contributed by atoms with E-state index in [-0.39, 0.29) is 11.9 Å². The van der Waals surface area contributed by atoms with Gasteiger partial charge in [-0.2, -0.15) is 0 Å². The number of nitrogens with one attached hydrogen (secondary N) is 1. The fourth-order valence-corrected chi connectivity index (χ4v) is 1.55. The van der Waals surface area contributed by atoms with Crippen molar-refractivity contribution in [1.82, 2.24) is 10.2 Å². The zero-order chi connectivity index (χ0) is 12.4. The Hall–Kier alpha value is -1.69. The molecule has 17 heavy (non-hydrogen) atoms. The van der Waals surface area contributed by atoms with Crippen molar-refractivity contribution in [3.8, 4) is 0 Å². The van der Waals surface area contributed by atoms with E-state index >= 15 is 0 Å². The number of aryl methyl sites for hydroxylation is 2. The van der Waals surface area contributed by atoms with E-state index in [4.69, 9.17) is 4.42 Å². The Bertz CT molecular complexity index is 566. The van der Waals surface area contributed by atoms with E-state index in [0.29, 0.717) is 11.5 Å². The standard InChI is InChI=1S/C11H10BrN3O2/c1-6-5-8(3-4-9(6)12)10(16)13-11-15-14-7(2)17-11/h3-5H,1-2H3,(H,13,15,16). The fourth-order valence-electron chi connectivity index (χ4n) is 1.30. The number of hydrogen-bond donors (Lipinski definition) is 1. The maximum absolute atomic E-state index is 11.8. The summed E-state index contributed by atoms with van der Waals surface area (Å²) in [7, 11) is 0. The molecule has 6 heteroatoms. The highest BCUT2D eigenvalue weighted by Crippen LogP contribution is 2.17. The van der Waals surface area contributed by atoms with Gasteiger partial charge < -0.3 is 4.42 Å². The molecule has 1 amide bonds. The summed E-state index contributed by atoms with van der Waals surface area (Å²) in [5.41, 5.74) is 1.53. The first-order valence-electron chi connectivity index (χ1n) is 4.94. The Morgan fingerprint density at radius 1 is 1.35 bits per heavy atom. The molecule has 0 aliphatic heterocycles. The van der Waals surface area contributed by atoms with Crippen molar-refractivity contribution in [2.45, 2.75) is 13.8 Å². The zero-order valence-corrected chi connectivity index (χ0v) is 10.9. The van der Waals surface area contributed by atoms with Crippen LogP contribution in [0.5, 0.6) is 0 Å². The van der Waals surface area contributed by atoms with Crippen molar-refractivity contribution in [3.05, 3.63) is 39.7 Å². The molecule has 2 rings (SSSR count). The molecule has 0 unspecified atom stereocenters. The predicted octanol–water partition coefficient (Wildman–Crippen LogP) is 2.70. The zero-order valence-electron chi connectivity index (χ0n) is 9.32. The van der Waals surface area contributed by atoms with Crippen molar-refractivity contribution in [2.75, 3.05) is 5.32 Å². The number of benzene rings is 1. The summed E-state index contributed by atoms with van der Waals surface area (Å²) in [4.78, 5) is 11.8. The van der Waals surface area contributed by atoms with Crippen molar-refractivity contribution in [2.24, 2.45) is 0 Å². The summed E-state index contributed by atoms with van der Waals surface area (Å²) in [5, 5.41) is 9.85. The summed E-state index contributed by atoms with van der Waals surface area (Å²) in [6, 6.07) is 5.43. The molecular formula is C11H10BrN3O2. The largest absolute Gasteiger partial charge is 0.408 e. The third kappa shape index (κ3) is 2.71. The second kappa shape index (κ2) is 4.67. The van der Waals surface area contributed by atoms with E-state index in [0.717, 1.165) is 10.0 Å². The third-order valence-corrected chi connectivity index (χ3v) is 3.06. The summed E-state index contributed by atoms with van der Waals surface area (Å²) < 4.78 is 6.03. The molecule has 0 aliphatic rings. The SMILES string of the molecule is Cc1nnc(NC(=O)c2ccc(Br)c(C)c2)o1. The lowest BCUT2D eigenvalue weighted by atomic mass is 10.1. The second-order valence-electron chi connectivity index (χ2n) is 3.54. The summed E-state index contributed by atoms with van der Waals surface area (Å²) in [5.74, 6) is 0.136. The molecular weight excluding hydrogens is 286 g/mol. The van der Waals surface area contributed by atoms with Gasteiger partial charge in [0.2, 0.25) is 5.89 Å². The molecule has 1 N–H and O–H groups in total. The van der Waals surface area contributed by atoms with E-state index in [2.05, 4.69) is 31.4 Å². The van der Waals surface area contributed by atoms with Crippen LogP contribution in [0.3, 0.4) is 0 Å². The fraction of sp³-hybridized carbons (Fsp3) is 0.182. The van der Waals surface area contributed by atoms with Gasteiger partial charge in [0.15, 0.2) is 0 Å². The third-order valence-electron chi connectivity index (χ3n) is 2.17. The van der Waals surface area contributed by atoms with E-state index < -0.39 is 0 Å². The first-order chi connectivity index (χ1) is 8.06. The molecule has 0 atom stereocenters. The van der Waals surface area contributed by atoms with Crippen LogP contribution in [0.2, 0.25) is 0 Å². The Balaban J connectivity index is 2.17. The normalized spacial score (nSPS) is 10.3. The van der Waals surface area contributed by atoms with Gasteiger partial charge in [-0.15, -0.1) is 5.10 Å². The first kappa shape index (κ1) is 11.8. The first-order valence-corrected chi connectivity index (χ1v) is 5.73. The Kier molecular flexibility index (Phi) is 3.23. The van der Waals surface area contributed by atoms with Gasteiger partial charge >= 0.3 is 6.01 Å². The monoisotopic (exact) mass is 295 g/mol. The molecule has 5 nitrogen and oxygen atoms in total. The van der Waals surface area contributed by atoms with Crippen LogP contribution in [0.4, 0.5) is 6.01 Å². The van der Waals surface area contributed by atoms with E-state index in [9.17, 15) is 4.79 Å². The quantitative estimate of drug-likeness (QED) is 0.925. The second-order valence-corrected chi connectivity index (χ2v) is 4.40. The van der Waals surface area contributed by atoms with Crippen LogP contribution >= 0.6 is 15.9 Å². The topological polar surface area (TPSA) is 68.0 Å². The van der Waals surface area contributed by atoms with Gasteiger partial charge in [0.05, 0.1) is 0 Å². The number of amides is 1. The number of aromatic nitrogens is 2. The highest BCUT2D eigenvalue weighted by atomic mass is 79.9. The van der Waals surface area contributed by atoms with Crippen molar-refractivity contribution >= 4 is 27.9 Å². The Morgan fingerprint density at radius 3 is 2.71 bits per heavy atom. The molecule has 0 aliphatic carbocycles. The molecule has 1 heterocycles. The minimum atomic E-state index is -0.274. The van der Waals surface area contributed by atoms with Crippen molar-refractivity contribution in [1.29, 1.82) is 0 Å². The van der Waals surface area contributed by atoms with Crippen molar-refractivity contribution < 1.29 is 9.21 Å².